The molecule has 1 aliphatic rings. The number of nitrogens with one attached hydrogen (secondary N) is 1. The minimum atomic E-state index is -2.00. The summed E-state index contributed by atoms with van der Waals surface area (Å²) >= 11 is 0. The van der Waals surface area contributed by atoms with Crippen LogP contribution in [-0.4, -0.2) is 5.91 Å². The van der Waals surface area contributed by atoms with Crippen molar-refractivity contribution in [2.75, 3.05) is 5.32 Å². The first-order valence-electron chi connectivity index (χ1n) is 9.31. The first-order valence-corrected chi connectivity index (χ1v) is 9.31. The van der Waals surface area contributed by atoms with Gasteiger partial charge in [0.1, 0.15) is 29.0 Å². The van der Waals surface area contributed by atoms with E-state index in [0.29, 0.717) is 5.56 Å². The highest BCUT2D eigenvalue weighted by molar-refractivity contribution is 6.03. The molecular weight excluding hydrogens is 434 g/mol. The highest BCUT2D eigenvalue weighted by Gasteiger charge is 2.64. The van der Waals surface area contributed by atoms with Gasteiger partial charge in [-0.15, -0.1) is 0 Å². The van der Waals surface area contributed by atoms with Crippen molar-refractivity contribution in [1.29, 1.82) is 5.26 Å². The number of hydrogen-bond acceptors (Lipinski definition) is 2. The minimum absolute atomic E-state index is 0.120. The second kappa shape index (κ2) is 7.71. The summed E-state index contributed by atoms with van der Waals surface area (Å²) in [5, 5.41) is 10.5. The highest BCUT2D eigenvalue weighted by Crippen LogP contribution is 2.62. The molecule has 1 aliphatic carbocycles. The van der Waals surface area contributed by atoms with Gasteiger partial charge in [-0.1, -0.05) is 36.4 Å². The van der Waals surface area contributed by atoms with Crippen LogP contribution in [0.25, 0.3) is 0 Å². The van der Waals surface area contributed by atoms with Gasteiger partial charge in [-0.2, -0.15) is 5.26 Å². The minimum Gasteiger partial charge on any atom is -0.320 e. The Hall–Kier alpha value is -3.80. The number of carbonyl (C=O) groups excluding carboxylic acids is 1. The van der Waals surface area contributed by atoms with Gasteiger partial charge in [-0.05, 0) is 24.1 Å². The molecule has 1 saturated carbocycles. The number of anilines is 1. The van der Waals surface area contributed by atoms with Gasteiger partial charge in [-0.3, -0.25) is 4.79 Å². The molecule has 0 radical (unpaired) electrons. The lowest BCUT2D eigenvalue weighted by Crippen LogP contribution is -2.32. The first-order chi connectivity index (χ1) is 15.2. The summed E-state index contributed by atoms with van der Waals surface area (Å²) in [6.07, 6.45) is -0.120. The Morgan fingerprint density at radius 3 is 1.97 bits per heavy atom. The molecule has 0 bridgehead atoms. The molecular formula is C23H12F6N2O. The molecule has 162 valence electrons. The maximum Gasteiger partial charge on any atom is 0.236 e. The van der Waals surface area contributed by atoms with Gasteiger partial charge in [0.2, 0.25) is 5.91 Å². The molecule has 0 aliphatic heterocycles. The molecule has 0 saturated heterocycles. The van der Waals surface area contributed by atoms with Crippen molar-refractivity contribution in [3.8, 4) is 6.07 Å². The molecule has 1 fully saturated rings. The average Bonchev–Trinajstić information content (AvgIpc) is 3.53. The SMILES string of the molecule is N#Cc1c(F)c(F)c(NC(=O)[C@@]2(c3c(F)cccc3F)C[C@H]2c2ccccc2)c(F)c1F. The van der Waals surface area contributed by atoms with Crippen molar-refractivity contribution in [3.63, 3.8) is 0 Å². The summed E-state index contributed by atoms with van der Waals surface area (Å²) in [6.45, 7) is 0. The van der Waals surface area contributed by atoms with Crippen LogP contribution in [0.1, 0.15) is 29.0 Å². The van der Waals surface area contributed by atoms with E-state index in [-0.39, 0.29) is 6.42 Å². The first kappa shape index (κ1) is 21.4. The molecule has 1 N–H and O–H groups in total. The summed E-state index contributed by atoms with van der Waals surface area (Å²) in [5.74, 6) is -12.1. The molecule has 9 heteroatoms. The number of amides is 1. The van der Waals surface area contributed by atoms with E-state index in [1.165, 1.54) is 0 Å². The number of nitriles is 1. The van der Waals surface area contributed by atoms with Crippen molar-refractivity contribution in [2.45, 2.75) is 17.8 Å². The fourth-order valence-corrected chi connectivity index (χ4v) is 3.98. The van der Waals surface area contributed by atoms with Gasteiger partial charge in [0.25, 0.3) is 0 Å². The van der Waals surface area contributed by atoms with Crippen LogP contribution in [0.2, 0.25) is 0 Å². The number of carbonyl (C=O) groups is 1. The molecule has 3 aromatic rings. The lowest BCUT2D eigenvalue weighted by Gasteiger charge is -2.20. The monoisotopic (exact) mass is 446 g/mol. The van der Waals surface area contributed by atoms with E-state index in [1.54, 1.807) is 35.6 Å². The Balaban J connectivity index is 1.84. The van der Waals surface area contributed by atoms with Gasteiger partial charge in [0.05, 0.1) is 5.41 Å². The third kappa shape index (κ3) is 3.11. The zero-order valence-corrected chi connectivity index (χ0v) is 16.0. The van der Waals surface area contributed by atoms with Gasteiger partial charge >= 0.3 is 0 Å². The van der Waals surface area contributed by atoms with Gasteiger partial charge in [0.15, 0.2) is 23.3 Å². The van der Waals surface area contributed by atoms with Crippen LogP contribution in [0.3, 0.4) is 0 Å². The second-order valence-electron chi connectivity index (χ2n) is 7.31. The zero-order chi connectivity index (χ0) is 23.2. The maximum absolute atomic E-state index is 14.6. The van der Waals surface area contributed by atoms with Crippen molar-refractivity contribution in [3.05, 3.63) is 100 Å². The lowest BCUT2D eigenvalue weighted by molar-refractivity contribution is -0.118. The maximum atomic E-state index is 14.6. The van der Waals surface area contributed by atoms with E-state index in [1.807, 2.05) is 0 Å². The fourth-order valence-electron chi connectivity index (χ4n) is 3.98. The van der Waals surface area contributed by atoms with Gasteiger partial charge < -0.3 is 5.32 Å². The number of hydrogen-bond donors (Lipinski definition) is 1. The Kier molecular flexibility index (Phi) is 5.17. The van der Waals surface area contributed by atoms with Crippen LogP contribution >= 0.6 is 0 Å². The quantitative estimate of drug-likeness (QED) is 0.428. The summed E-state index contributed by atoms with van der Waals surface area (Å²) in [4.78, 5) is 13.2. The topological polar surface area (TPSA) is 52.9 Å². The molecule has 3 aromatic carbocycles. The predicted molar refractivity (Wildman–Crippen MR) is 101 cm³/mol. The van der Waals surface area contributed by atoms with E-state index in [0.717, 1.165) is 24.3 Å². The second-order valence-corrected chi connectivity index (χ2v) is 7.31. The smallest absolute Gasteiger partial charge is 0.236 e. The molecule has 0 aromatic heterocycles. The number of halogens is 6. The van der Waals surface area contributed by atoms with Crippen LogP contribution in [0.15, 0.2) is 48.5 Å². The fraction of sp³-hybridized carbons (Fsp3) is 0.130. The Morgan fingerprint density at radius 1 is 0.875 bits per heavy atom. The van der Waals surface area contributed by atoms with Gasteiger partial charge in [0, 0.05) is 11.5 Å². The Labute approximate surface area is 177 Å². The molecule has 3 nitrogen and oxygen atoms in total. The van der Waals surface area contributed by atoms with Crippen LogP contribution in [0.5, 0.6) is 0 Å². The predicted octanol–water partition coefficient (Wildman–Crippen LogP) is 5.46. The van der Waals surface area contributed by atoms with Crippen molar-refractivity contribution >= 4 is 11.6 Å². The molecule has 0 spiro atoms. The average molecular weight is 446 g/mol. The van der Waals surface area contributed by atoms with Crippen LogP contribution in [0, 0.1) is 46.2 Å². The third-order valence-electron chi connectivity index (χ3n) is 5.59. The summed E-state index contributed by atoms with van der Waals surface area (Å²) in [6, 6.07) is 12.1. The summed E-state index contributed by atoms with van der Waals surface area (Å²) in [5.41, 5.74) is -5.00. The van der Waals surface area contributed by atoms with Crippen LogP contribution in [0.4, 0.5) is 32.0 Å². The van der Waals surface area contributed by atoms with Crippen molar-refractivity contribution in [2.24, 2.45) is 0 Å². The molecule has 2 atom stereocenters. The standard InChI is InChI=1S/C23H12F6N2O/c24-14-7-4-8-15(25)16(14)23(9-13(23)11-5-2-1-3-6-11)22(32)31-21-19(28)17(26)12(10-30)18(27)20(21)29/h1-8,13H,9H2,(H,31,32)/t13-,23-/m0/s1. The number of nitrogens with zero attached hydrogens (tertiary/aromatic N) is 1. The molecule has 1 amide bonds. The molecule has 4 rings (SSSR count). The van der Waals surface area contributed by atoms with E-state index in [4.69, 9.17) is 5.26 Å². The normalized spacial score (nSPS) is 19.3. The summed E-state index contributed by atoms with van der Waals surface area (Å²) in [7, 11) is 0. The highest BCUT2D eigenvalue weighted by atomic mass is 19.2. The lowest BCUT2D eigenvalue weighted by atomic mass is 9.88. The van der Waals surface area contributed by atoms with Crippen LogP contribution in [-0.2, 0) is 10.2 Å². The Morgan fingerprint density at radius 2 is 1.44 bits per heavy atom. The summed E-state index contributed by atoms with van der Waals surface area (Å²) < 4.78 is 85.9. The Bertz CT molecular complexity index is 1240. The van der Waals surface area contributed by atoms with Crippen molar-refractivity contribution in [1.82, 2.24) is 0 Å². The van der Waals surface area contributed by atoms with E-state index in [2.05, 4.69) is 0 Å². The zero-order valence-electron chi connectivity index (χ0n) is 16.0. The van der Waals surface area contributed by atoms with Crippen molar-refractivity contribution < 1.29 is 31.1 Å². The van der Waals surface area contributed by atoms with E-state index in [9.17, 15) is 31.1 Å². The molecule has 0 unspecified atom stereocenters. The van der Waals surface area contributed by atoms with E-state index >= 15 is 0 Å². The van der Waals surface area contributed by atoms with E-state index < -0.39 is 69.0 Å². The third-order valence-corrected chi connectivity index (χ3v) is 5.59. The van der Waals surface area contributed by atoms with Gasteiger partial charge in [-0.25, -0.2) is 26.3 Å². The number of rotatable bonds is 4. The molecule has 32 heavy (non-hydrogen) atoms. The largest absolute Gasteiger partial charge is 0.320 e. The number of benzene rings is 3. The van der Waals surface area contributed by atoms with Crippen LogP contribution < -0.4 is 5.32 Å². The molecule has 0 heterocycles.